The van der Waals surface area contributed by atoms with Gasteiger partial charge in [-0.15, -0.1) is 0 Å². The fraction of sp³-hybridized carbons (Fsp3) is 0.350. The maximum Gasteiger partial charge on any atom is 0.174 e. The first-order valence-electron chi connectivity index (χ1n) is 8.32. The molecule has 2 rings (SSSR count). The quantitative estimate of drug-likeness (QED) is 0.618. The Hall–Kier alpha value is -2.09. The molecule has 0 saturated heterocycles. The molecule has 24 heavy (non-hydrogen) atoms. The van der Waals surface area contributed by atoms with Crippen LogP contribution in [0.3, 0.4) is 0 Å². The van der Waals surface area contributed by atoms with E-state index in [4.69, 9.17) is 9.69 Å². The van der Waals surface area contributed by atoms with Crippen LogP contribution in [0.15, 0.2) is 48.5 Å². The average molecular weight is 339 g/mol. The topological polar surface area (TPSA) is 45.0 Å². The normalized spacial score (nSPS) is 12.7. The first-order valence-corrected chi connectivity index (χ1v) is 11.1. The van der Waals surface area contributed by atoms with Crippen LogP contribution >= 0.6 is 0 Å². The van der Waals surface area contributed by atoms with Gasteiger partial charge in [0.25, 0.3) is 0 Å². The highest BCUT2D eigenvalue weighted by molar-refractivity contribution is 6.48. The van der Waals surface area contributed by atoms with Crippen molar-refractivity contribution in [2.45, 2.75) is 45.5 Å². The van der Waals surface area contributed by atoms with Crippen molar-refractivity contribution in [2.24, 2.45) is 0 Å². The Bertz CT molecular complexity index is 694. The number of rotatable bonds is 5. The molecule has 0 radical (unpaired) electrons. The summed E-state index contributed by atoms with van der Waals surface area (Å²) in [7, 11) is -1.22. The van der Waals surface area contributed by atoms with Gasteiger partial charge in [0.1, 0.15) is 6.23 Å². The molecule has 0 fully saturated rings. The van der Waals surface area contributed by atoms with Crippen LogP contribution in [0.5, 0.6) is 0 Å². The van der Waals surface area contributed by atoms with E-state index in [1.54, 1.807) is 0 Å². The van der Waals surface area contributed by atoms with E-state index in [-0.39, 0.29) is 11.6 Å². The van der Waals surface area contributed by atoms with Crippen molar-refractivity contribution in [1.29, 1.82) is 5.26 Å². The number of anilines is 1. The molecule has 0 aliphatic carbocycles. The smallest absolute Gasteiger partial charge is 0.174 e. The van der Waals surface area contributed by atoms with Gasteiger partial charge in [-0.25, -0.2) is 0 Å². The summed E-state index contributed by atoms with van der Waals surface area (Å²) < 4.78 is 6.19. The Balaban J connectivity index is 2.22. The zero-order chi connectivity index (χ0) is 17.7. The third-order valence-electron chi connectivity index (χ3n) is 3.80. The number of hydrogen-bond donors (Lipinski definition) is 1. The molecular formula is C20H26N2OSi. The molecule has 3 nitrogen and oxygen atoms in total. The largest absolute Gasteiger partial charge is 0.397 e. The van der Waals surface area contributed by atoms with Crippen LogP contribution in [0.2, 0.25) is 13.1 Å². The second-order valence-electron chi connectivity index (χ2n) is 7.27. The van der Waals surface area contributed by atoms with Crippen molar-refractivity contribution in [3.05, 3.63) is 65.2 Å². The summed E-state index contributed by atoms with van der Waals surface area (Å²) in [5, 5.41) is 12.3. The van der Waals surface area contributed by atoms with Crippen molar-refractivity contribution in [3.63, 3.8) is 0 Å². The summed E-state index contributed by atoms with van der Waals surface area (Å²) in [5.41, 5.74) is 4.18. The lowest BCUT2D eigenvalue weighted by atomic mass is 9.86. The highest BCUT2D eigenvalue weighted by Gasteiger charge is 2.17. The standard InChI is InChI=1S/C20H26N2OSi/c1-20(2,3)17-10-8-16(9-11-17)19(23-24(4)5)22-18-12-6-15(14-21)7-13-18/h6-13,19,22,24H,1-5H3. The van der Waals surface area contributed by atoms with Crippen molar-refractivity contribution >= 4 is 14.7 Å². The van der Waals surface area contributed by atoms with E-state index >= 15 is 0 Å². The number of hydrogen-bond acceptors (Lipinski definition) is 3. The van der Waals surface area contributed by atoms with Crippen LogP contribution in [0.1, 0.15) is 43.7 Å². The lowest BCUT2D eigenvalue weighted by molar-refractivity contribution is 0.240. The van der Waals surface area contributed by atoms with E-state index in [1.165, 1.54) is 5.56 Å². The van der Waals surface area contributed by atoms with Gasteiger partial charge in [-0.05, 0) is 53.9 Å². The van der Waals surface area contributed by atoms with E-state index in [0.29, 0.717) is 5.56 Å². The van der Waals surface area contributed by atoms with Crippen molar-refractivity contribution in [3.8, 4) is 6.07 Å². The van der Waals surface area contributed by atoms with E-state index in [9.17, 15) is 0 Å². The molecule has 4 heteroatoms. The fourth-order valence-electron chi connectivity index (χ4n) is 2.42. The highest BCUT2D eigenvalue weighted by Crippen LogP contribution is 2.26. The van der Waals surface area contributed by atoms with Crippen molar-refractivity contribution in [1.82, 2.24) is 0 Å². The van der Waals surface area contributed by atoms with Crippen LogP contribution in [0.4, 0.5) is 5.69 Å². The molecule has 0 amide bonds. The van der Waals surface area contributed by atoms with Gasteiger partial charge in [0, 0.05) is 5.69 Å². The monoisotopic (exact) mass is 338 g/mol. The van der Waals surface area contributed by atoms with Crippen LogP contribution in [-0.4, -0.2) is 9.04 Å². The average Bonchev–Trinajstić information content (AvgIpc) is 2.54. The number of nitriles is 1. The zero-order valence-electron chi connectivity index (χ0n) is 15.1. The molecule has 0 bridgehead atoms. The summed E-state index contributed by atoms with van der Waals surface area (Å²) in [6.45, 7) is 11.0. The summed E-state index contributed by atoms with van der Waals surface area (Å²) in [6, 6.07) is 18.2. The molecule has 126 valence electrons. The molecule has 1 atom stereocenters. The van der Waals surface area contributed by atoms with Gasteiger partial charge < -0.3 is 9.74 Å². The number of nitrogens with zero attached hydrogens (tertiary/aromatic N) is 1. The minimum atomic E-state index is -1.22. The second kappa shape index (κ2) is 7.65. The van der Waals surface area contributed by atoms with Crippen LogP contribution in [0.25, 0.3) is 0 Å². The van der Waals surface area contributed by atoms with Gasteiger partial charge in [-0.3, -0.25) is 0 Å². The van der Waals surface area contributed by atoms with E-state index in [2.05, 4.69) is 69.5 Å². The minimum absolute atomic E-state index is 0.141. The molecule has 0 heterocycles. The zero-order valence-corrected chi connectivity index (χ0v) is 16.3. The molecule has 1 N–H and O–H groups in total. The van der Waals surface area contributed by atoms with Crippen molar-refractivity contribution < 1.29 is 4.43 Å². The van der Waals surface area contributed by atoms with Gasteiger partial charge in [0.15, 0.2) is 9.04 Å². The molecular weight excluding hydrogens is 312 g/mol. The van der Waals surface area contributed by atoms with Gasteiger partial charge in [-0.2, -0.15) is 5.26 Å². The first kappa shape index (κ1) is 18.2. The molecule has 2 aromatic rings. The van der Waals surface area contributed by atoms with Gasteiger partial charge >= 0.3 is 0 Å². The predicted octanol–water partition coefficient (Wildman–Crippen LogP) is 4.97. The lowest BCUT2D eigenvalue weighted by Crippen LogP contribution is -2.21. The maximum atomic E-state index is 8.91. The van der Waals surface area contributed by atoms with Crippen molar-refractivity contribution in [2.75, 3.05) is 5.32 Å². The van der Waals surface area contributed by atoms with E-state index in [0.717, 1.165) is 11.3 Å². The molecule has 2 aromatic carbocycles. The summed E-state index contributed by atoms with van der Waals surface area (Å²) in [4.78, 5) is 0. The minimum Gasteiger partial charge on any atom is -0.397 e. The molecule has 0 aliphatic rings. The molecule has 0 saturated carbocycles. The third-order valence-corrected chi connectivity index (χ3v) is 4.62. The van der Waals surface area contributed by atoms with E-state index in [1.807, 2.05) is 24.3 Å². The highest BCUT2D eigenvalue weighted by atomic mass is 28.3. The molecule has 0 spiro atoms. The molecule has 1 unspecified atom stereocenters. The van der Waals surface area contributed by atoms with Crippen LogP contribution in [-0.2, 0) is 9.84 Å². The lowest BCUT2D eigenvalue weighted by Gasteiger charge is -2.25. The van der Waals surface area contributed by atoms with Gasteiger partial charge in [0.05, 0.1) is 11.6 Å². The molecule has 0 aromatic heterocycles. The maximum absolute atomic E-state index is 8.91. The van der Waals surface area contributed by atoms with Crippen LogP contribution in [0, 0.1) is 11.3 Å². The van der Waals surface area contributed by atoms with E-state index < -0.39 is 9.04 Å². The predicted molar refractivity (Wildman–Crippen MR) is 103 cm³/mol. The summed E-state index contributed by atoms with van der Waals surface area (Å²) >= 11 is 0. The Morgan fingerprint density at radius 2 is 1.58 bits per heavy atom. The summed E-state index contributed by atoms with van der Waals surface area (Å²) in [5.74, 6) is 0. The second-order valence-corrected chi connectivity index (χ2v) is 9.64. The molecule has 0 aliphatic heterocycles. The summed E-state index contributed by atoms with van der Waals surface area (Å²) in [6.07, 6.45) is -0.168. The fourth-order valence-corrected chi connectivity index (χ4v) is 3.19. The Morgan fingerprint density at radius 3 is 2.04 bits per heavy atom. The number of benzene rings is 2. The first-order chi connectivity index (χ1) is 11.3. The van der Waals surface area contributed by atoms with Crippen LogP contribution < -0.4 is 5.32 Å². The Morgan fingerprint density at radius 1 is 1.00 bits per heavy atom. The third kappa shape index (κ3) is 4.95. The Kier molecular flexibility index (Phi) is 5.82. The number of nitrogens with one attached hydrogen (secondary N) is 1. The Labute approximate surface area is 147 Å². The van der Waals surface area contributed by atoms with Gasteiger partial charge in [0.2, 0.25) is 0 Å². The van der Waals surface area contributed by atoms with Gasteiger partial charge in [-0.1, -0.05) is 45.0 Å². The SMILES string of the molecule is C[SiH](C)OC(Nc1ccc(C#N)cc1)c1ccc(C(C)(C)C)cc1.